The Kier molecular flexibility index (Phi) is 1.98. The molecule has 3 rings (SSSR count). The van der Waals surface area contributed by atoms with Crippen molar-refractivity contribution in [2.24, 2.45) is 11.7 Å². The molecule has 3 nitrogen and oxygen atoms in total. The van der Waals surface area contributed by atoms with E-state index in [0.717, 1.165) is 29.4 Å². The van der Waals surface area contributed by atoms with E-state index >= 15 is 0 Å². The van der Waals surface area contributed by atoms with Gasteiger partial charge in [0.15, 0.2) is 0 Å². The van der Waals surface area contributed by atoms with Crippen molar-refractivity contribution < 1.29 is 5.11 Å². The first-order chi connectivity index (χ1) is 7.65. The van der Waals surface area contributed by atoms with Crippen LogP contribution in [0, 0.1) is 5.92 Å². The Hall–Kier alpha value is -1.48. The summed E-state index contributed by atoms with van der Waals surface area (Å²) in [5.41, 5.74) is 9.66. The highest BCUT2D eigenvalue weighted by atomic mass is 16.3. The van der Waals surface area contributed by atoms with Gasteiger partial charge in [-0.3, -0.25) is 0 Å². The standard InChI is InChI=1S/C13H16N2O/c1-7-4-10-9-6-8(16)2-3-12(9)15-13(10)11(14)5-7/h2-3,6-7,11,15-16H,4-5,14H2,1H3. The van der Waals surface area contributed by atoms with E-state index in [2.05, 4.69) is 11.9 Å². The number of phenols is 1. The van der Waals surface area contributed by atoms with E-state index in [1.807, 2.05) is 12.1 Å². The predicted octanol–water partition coefficient (Wildman–Crippen LogP) is 2.46. The number of aromatic nitrogens is 1. The Balaban J connectivity index is 2.27. The van der Waals surface area contributed by atoms with Crippen LogP contribution in [-0.2, 0) is 6.42 Å². The second-order valence-electron chi connectivity index (χ2n) is 4.90. The summed E-state index contributed by atoms with van der Waals surface area (Å²) in [5, 5.41) is 10.7. The third-order valence-electron chi connectivity index (χ3n) is 3.50. The molecule has 2 atom stereocenters. The Labute approximate surface area is 94.3 Å². The van der Waals surface area contributed by atoms with Gasteiger partial charge in [0.25, 0.3) is 0 Å². The summed E-state index contributed by atoms with van der Waals surface area (Å²) in [6, 6.07) is 5.56. The second kappa shape index (κ2) is 3.25. The molecule has 1 aliphatic rings. The highest BCUT2D eigenvalue weighted by molar-refractivity contribution is 5.86. The molecule has 0 spiro atoms. The van der Waals surface area contributed by atoms with Crippen LogP contribution in [-0.4, -0.2) is 10.1 Å². The minimum absolute atomic E-state index is 0.105. The Morgan fingerprint density at radius 3 is 3.06 bits per heavy atom. The van der Waals surface area contributed by atoms with Crippen molar-refractivity contribution in [1.29, 1.82) is 0 Å². The molecule has 4 N–H and O–H groups in total. The maximum atomic E-state index is 9.54. The van der Waals surface area contributed by atoms with Crippen LogP contribution in [0.1, 0.15) is 30.6 Å². The van der Waals surface area contributed by atoms with Gasteiger partial charge >= 0.3 is 0 Å². The fourth-order valence-corrected chi connectivity index (χ4v) is 2.78. The molecule has 1 heterocycles. The van der Waals surface area contributed by atoms with E-state index in [1.54, 1.807) is 6.07 Å². The zero-order valence-electron chi connectivity index (χ0n) is 9.33. The summed E-state index contributed by atoms with van der Waals surface area (Å²) in [6.45, 7) is 2.23. The zero-order chi connectivity index (χ0) is 11.3. The molecule has 0 bridgehead atoms. The van der Waals surface area contributed by atoms with Crippen molar-refractivity contribution in [3.8, 4) is 5.75 Å². The number of nitrogens with two attached hydrogens (primary N) is 1. The summed E-state index contributed by atoms with van der Waals surface area (Å²) in [5.74, 6) is 0.935. The lowest BCUT2D eigenvalue weighted by Gasteiger charge is -2.24. The fraction of sp³-hybridized carbons (Fsp3) is 0.385. The molecule has 2 unspecified atom stereocenters. The summed E-state index contributed by atoms with van der Waals surface area (Å²) in [7, 11) is 0. The molecule has 0 fully saturated rings. The van der Waals surface area contributed by atoms with Crippen LogP contribution in [0.3, 0.4) is 0 Å². The topological polar surface area (TPSA) is 62.0 Å². The predicted molar refractivity (Wildman–Crippen MR) is 64.4 cm³/mol. The van der Waals surface area contributed by atoms with Gasteiger partial charge in [-0.1, -0.05) is 6.92 Å². The Morgan fingerprint density at radius 1 is 1.44 bits per heavy atom. The van der Waals surface area contributed by atoms with Gasteiger partial charge in [0.2, 0.25) is 0 Å². The Bertz CT molecular complexity index is 544. The fourth-order valence-electron chi connectivity index (χ4n) is 2.78. The van der Waals surface area contributed by atoms with Crippen molar-refractivity contribution in [3.63, 3.8) is 0 Å². The number of phenolic OH excluding ortho intramolecular Hbond substituents is 1. The maximum absolute atomic E-state index is 9.54. The smallest absolute Gasteiger partial charge is 0.116 e. The minimum Gasteiger partial charge on any atom is -0.508 e. The van der Waals surface area contributed by atoms with Gasteiger partial charge in [0.1, 0.15) is 5.75 Å². The van der Waals surface area contributed by atoms with Crippen LogP contribution in [0.4, 0.5) is 0 Å². The Morgan fingerprint density at radius 2 is 2.25 bits per heavy atom. The third-order valence-corrected chi connectivity index (χ3v) is 3.50. The lowest BCUT2D eigenvalue weighted by molar-refractivity contribution is 0.435. The summed E-state index contributed by atoms with van der Waals surface area (Å²) >= 11 is 0. The first-order valence-electron chi connectivity index (χ1n) is 5.74. The molecule has 1 aromatic heterocycles. The van der Waals surface area contributed by atoms with Gasteiger partial charge in [-0.25, -0.2) is 0 Å². The molecule has 16 heavy (non-hydrogen) atoms. The molecular weight excluding hydrogens is 200 g/mol. The molecule has 0 aliphatic heterocycles. The molecule has 3 heteroatoms. The number of H-pyrrole nitrogens is 1. The zero-order valence-corrected chi connectivity index (χ0v) is 9.33. The first-order valence-corrected chi connectivity index (χ1v) is 5.74. The maximum Gasteiger partial charge on any atom is 0.116 e. The molecular formula is C13H16N2O. The number of hydrogen-bond donors (Lipinski definition) is 3. The lowest BCUT2D eigenvalue weighted by atomic mass is 9.85. The number of aromatic amines is 1. The number of hydrogen-bond acceptors (Lipinski definition) is 2. The lowest BCUT2D eigenvalue weighted by Crippen LogP contribution is -2.22. The largest absolute Gasteiger partial charge is 0.508 e. The number of aromatic hydroxyl groups is 1. The number of nitrogens with one attached hydrogen (secondary N) is 1. The average Bonchev–Trinajstić information content (AvgIpc) is 2.57. The van der Waals surface area contributed by atoms with Gasteiger partial charge in [0, 0.05) is 22.6 Å². The summed E-state index contributed by atoms with van der Waals surface area (Å²) < 4.78 is 0. The van der Waals surface area contributed by atoms with Crippen LogP contribution in [0.15, 0.2) is 18.2 Å². The van der Waals surface area contributed by atoms with Crippen LogP contribution in [0.2, 0.25) is 0 Å². The highest BCUT2D eigenvalue weighted by Crippen LogP contribution is 2.36. The number of fused-ring (bicyclic) bond motifs is 3. The second-order valence-corrected chi connectivity index (χ2v) is 4.90. The van der Waals surface area contributed by atoms with Crippen molar-refractivity contribution in [2.75, 3.05) is 0 Å². The summed E-state index contributed by atoms with van der Waals surface area (Å²) in [4.78, 5) is 3.38. The molecule has 2 aromatic rings. The number of benzene rings is 1. The molecule has 0 saturated heterocycles. The van der Waals surface area contributed by atoms with E-state index in [4.69, 9.17) is 5.73 Å². The van der Waals surface area contributed by atoms with Crippen molar-refractivity contribution in [1.82, 2.24) is 4.98 Å². The molecule has 1 aromatic carbocycles. The highest BCUT2D eigenvalue weighted by Gasteiger charge is 2.25. The first kappa shape index (κ1) is 9.73. The van der Waals surface area contributed by atoms with Crippen molar-refractivity contribution >= 4 is 10.9 Å². The van der Waals surface area contributed by atoms with Crippen LogP contribution in [0.25, 0.3) is 10.9 Å². The minimum atomic E-state index is 0.105. The van der Waals surface area contributed by atoms with Crippen LogP contribution >= 0.6 is 0 Å². The average molecular weight is 216 g/mol. The molecule has 1 aliphatic carbocycles. The van der Waals surface area contributed by atoms with Crippen molar-refractivity contribution in [3.05, 3.63) is 29.5 Å². The molecule has 0 radical (unpaired) electrons. The molecule has 84 valence electrons. The normalized spacial score (nSPS) is 24.6. The SMILES string of the molecule is CC1Cc2c([nH]c3ccc(O)cc23)C(N)C1. The van der Waals surface area contributed by atoms with Gasteiger partial charge < -0.3 is 15.8 Å². The van der Waals surface area contributed by atoms with Crippen molar-refractivity contribution in [2.45, 2.75) is 25.8 Å². The number of rotatable bonds is 0. The van der Waals surface area contributed by atoms with Gasteiger partial charge in [-0.2, -0.15) is 0 Å². The monoisotopic (exact) mass is 216 g/mol. The van der Waals surface area contributed by atoms with Gasteiger partial charge in [-0.15, -0.1) is 0 Å². The van der Waals surface area contributed by atoms with E-state index in [0.29, 0.717) is 11.7 Å². The third kappa shape index (κ3) is 1.32. The van der Waals surface area contributed by atoms with E-state index in [9.17, 15) is 5.11 Å². The van der Waals surface area contributed by atoms with Crippen LogP contribution in [0.5, 0.6) is 5.75 Å². The summed E-state index contributed by atoms with van der Waals surface area (Å²) in [6.07, 6.45) is 2.08. The van der Waals surface area contributed by atoms with Crippen LogP contribution < -0.4 is 5.73 Å². The molecule has 0 amide bonds. The quantitative estimate of drug-likeness (QED) is 0.633. The van der Waals surface area contributed by atoms with E-state index < -0.39 is 0 Å². The molecule has 0 saturated carbocycles. The van der Waals surface area contributed by atoms with Gasteiger partial charge in [-0.05, 0) is 42.5 Å². The van der Waals surface area contributed by atoms with E-state index in [1.165, 1.54) is 5.56 Å². The van der Waals surface area contributed by atoms with E-state index in [-0.39, 0.29) is 6.04 Å². The van der Waals surface area contributed by atoms with Gasteiger partial charge in [0.05, 0.1) is 0 Å².